The van der Waals surface area contributed by atoms with Gasteiger partial charge < -0.3 is 10.2 Å². The van der Waals surface area contributed by atoms with Crippen molar-refractivity contribution in [2.24, 2.45) is 5.92 Å². The minimum atomic E-state index is 0.0149. The summed E-state index contributed by atoms with van der Waals surface area (Å²) in [4.78, 5) is 25.9. The SMILES string of the molecule is CC(C)C(=O)NC1CCN(C(=O)CC/C=C\c2ccccc2)CC1. The molecule has 1 heterocycles. The van der Waals surface area contributed by atoms with Gasteiger partial charge in [-0.3, -0.25) is 9.59 Å². The first-order valence-corrected chi connectivity index (χ1v) is 8.86. The Hall–Kier alpha value is -2.10. The van der Waals surface area contributed by atoms with E-state index in [1.165, 1.54) is 0 Å². The highest BCUT2D eigenvalue weighted by molar-refractivity contribution is 5.78. The van der Waals surface area contributed by atoms with E-state index in [9.17, 15) is 9.59 Å². The Labute approximate surface area is 144 Å². The second kappa shape index (κ2) is 9.26. The number of likely N-dealkylation sites (tertiary alicyclic amines) is 1. The molecule has 1 aliphatic rings. The van der Waals surface area contributed by atoms with Crippen LogP contribution in [0.1, 0.15) is 45.1 Å². The van der Waals surface area contributed by atoms with Gasteiger partial charge in [0, 0.05) is 31.5 Å². The van der Waals surface area contributed by atoms with Gasteiger partial charge in [0.05, 0.1) is 0 Å². The number of nitrogens with one attached hydrogen (secondary N) is 1. The third-order valence-corrected chi connectivity index (χ3v) is 4.35. The smallest absolute Gasteiger partial charge is 0.222 e. The van der Waals surface area contributed by atoms with E-state index in [0.29, 0.717) is 6.42 Å². The van der Waals surface area contributed by atoms with Crippen LogP contribution in [-0.2, 0) is 9.59 Å². The summed E-state index contributed by atoms with van der Waals surface area (Å²) in [5, 5.41) is 3.06. The van der Waals surface area contributed by atoms with Gasteiger partial charge in [0.1, 0.15) is 0 Å². The summed E-state index contributed by atoms with van der Waals surface area (Å²) < 4.78 is 0. The third kappa shape index (κ3) is 5.84. The molecule has 0 aromatic heterocycles. The molecular weight excluding hydrogens is 300 g/mol. The first-order chi connectivity index (χ1) is 11.6. The van der Waals surface area contributed by atoms with Gasteiger partial charge in [0.2, 0.25) is 11.8 Å². The molecule has 1 aliphatic heterocycles. The van der Waals surface area contributed by atoms with Crippen molar-refractivity contribution < 1.29 is 9.59 Å². The molecule has 2 rings (SSSR count). The lowest BCUT2D eigenvalue weighted by Crippen LogP contribution is -2.47. The van der Waals surface area contributed by atoms with E-state index >= 15 is 0 Å². The van der Waals surface area contributed by atoms with Crippen LogP contribution in [0.15, 0.2) is 36.4 Å². The second-order valence-corrected chi connectivity index (χ2v) is 6.67. The van der Waals surface area contributed by atoms with Crippen LogP contribution in [0, 0.1) is 5.92 Å². The molecule has 4 nitrogen and oxygen atoms in total. The lowest BCUT2D eigenvalue weighted by Gasteiger charge is -2.32. The first kappa shape index (κ1) is 18.2. The Balaban J connectivity index is 1.67. The van der Waals surface area contributed by atoms with E-state index in [-0.39, 0.29) is 23.8 Å². The third-order valence-electron chi connectivity index (χ3n) is 4.35. The fourth-order valence-corrected chi connectivity index (χ4v) is 2.79. The molecule has 0 spiro atoms. The average molecular weight is 328 g/mol. The zero-order chi connectivity index (χ0) is 17.4. The van der Waals surface area contributed by atoms with Crippen molar-refractivity contribution in [1.82, 2.24) is 10.2 Å². The van der Waals surface area contributed by atoms with Crippen molar-refractivity contribution >= 4 is 17.9 Å². The summed E-state index contributed by atoms with van der Waals surface area (Å²) >= 11 is 0. The van der Waals surface area contributed by atoms with Crippen LogP contribution in [-0.4, -0.2) is 35.8 Å². The molecule has 1 aromatic carbocycles. The van der Waals surface area contributed by atoms with Gasteiger partial charge in [-0.25, -0.2) is 0 Å². The van der Waals surface area contributed by atoms with E-state index in [0.717, 1.165) is 37.9 Å². The van der Waals surface area contributed by atoms with Crippen LogP contribution in [0.3, 0.4) is 0 Å². The Kier molecular flexibility index (Phi) is 7.04. The van der Waals surface area contributed by atoms with Crippen LogP contribution in [0.4, 0.5) is 0 Å². The molecule has 1 N–H and O–H groups in total. The van der Waals surface area contributed by atoms with E-state index in [2.05, 4.69) is 29.6 Å². The van der Waals surface area contributed by atoms with Gasteiger partial charge in [-0.1, -0.05) is 56.3 Å². The van der Waals surface area contributed by atoms with Crippen LogP contribution < -0.4 is 5.32 Å². The van der Waals surface area contributed by atoms with Crippen LogP contribution in [0.5, 0.6) is 0 Å². The largest absolute Gasteiger partial charge is 0.353 e. The van der Waals surface area contributed by atoms with Crippen molar-refractivity contribution in [3.8, 4) is 0 Å². The lowest BCUT2D eigenvalue weighted by atomic mass is 10.0. The topological polar surface area (TPSA) is 49.4 Å². The number of carbonyl (C=O) groups excluding carboxylic acids is 2. The minimum absolute atomic E-state index is 0.0149. The van der Waals surface area contributed by atoms with Gasteiger partial charge in [-0.05, 0) is 24.8 Å². The van der Waals surface area contributed by atoms with E-state index < -0.39 is 0 Å². The number of carbonyl (C=O) groups is 2. The highest BCUT2D eigenvalue weighted by Gasteiger charge is 2.23. The maximum atomic E-state index is 12.3. The summed E-state index contributed by atoms with van der Waals surface area (Å²) in [6, 6.07) is 10.3. The van der Waals surface area contributed by atoms with Crippen LogP contribution >= 0.6 is 0 Å². The molecule has 0 aliphatic carbocycles. The second-order valence-electron chi connectivity index (χ2n) is 6.67. The summed E-state index contributed by atoms with van der Waals surface area (Å²) in [7, 11) is 0. The normalized spacial score (nSPS) is 15.9. The molecule has 2 amide bonds. The number of hydrogen-bond donors (Lipinski definition) is 1. The number of rotatable bonds is 6. The van der Waals surface area contributed by atoms with Crippen LogP contribution in [0.2, 0.25) is 0 Å². The number of amides is 2. The predicted molar refractivity (Wildman–Crippen MR) is 97.3 cm³/mol. The number of hydrogen-bond acceptors (Lipinski definition) is 2. The van der Waals surface area contributed by atoms with Gasteiger partial charge >= 0.3 is 0 Å². The van der Waals surface area contributed by atoms with Crippen LogP contribution in [0.25, 0.3) is 6.08 Å². The van der Waals surface area contributed by atoms with Gasteiger partial charge in [-0.15, -0.1) is 0 Å². The molecule has 0 atom stereocenters. The fourth-order valence-electron chi connectivity index (χ4n) is 2.79. The zero-order valence-electron chi connectivity index (χ0n) is 14.7. The molecule has 24 heavy (non-hydrogen) atoms. The molecule has 0 radical (unpaired) electrons. The highest BCUT2D eigenvalue weighted by atomic mass is 16.2. The van der Waals surface area contributed by atoms with Crippen molar-refractivity contribution in [1.29, 1.82) is 0 Å². The molecule has 1 aromatic rings. The van der Waals surface area contributed by atoms with E-state index in [1.807, 2.05) is 36.9 Å². The van der Waals surface area contributed by atoms with E-state index in [4.69, 9.17) is 0 Å². The lowest BCUT2D eigenvalue weighted by molar-refractivity contribution is -0.132. The van der Waals surface area contributed by atoms with Gasteiger partial charge in [-0.2, -0.15) is 0 Å². The number of nitrogens with zero attached hydrogens (tertiary/aromatic N) is 1. The summed E-state index contributed by atoms with van der Waals surface area (Å²) in [6.07, 6.45) is 7.13. The first-order valence-electron chi connectivity index (χ1n) is 8.86. The number of allylic oxidation sites excluding steroid dienone is 1. The number of piperidine rings is 1. The summed E-state index contributed by atoms with van der Waals surface area (Å²) in [6.45, 7) is 5.28. The maximum absolute atomic E-state index is 12.3. The van der Waals surface area contributed by atoms with Crippen molar-refractivity contribution in [2.75, 3.05) is 13.1 Å². The molecular formula is C20H28N2O2. The van der Waals surface area contributed by atoms with E-state index in [1.54, 1.807) is 0 Å². The molecule has 1 fully saturated rings. The van der Waals surface area contributed by atoms with Crippen molar-refractivity contribution in [2.45, 2.75) is 45.6 Å². The minimum Gasteiger partial charge on any atom is -0.353 e. The van der Waals surface area contributed by atoms with Crippen molar-refractivity contribution in [3.05, 3.63) is 42.0 Å². The van der Waals surface area contributed by atoms with Gasteiger partial charge in [0.25, 0.3) is 0 Å². The molecule has 0 bridgehead atoms. The maximum Gasteiger partial charge on any atom is 0.222 e. The Morgan fingerprint density at radius 2 is 1.88 bits per heavy atom. The standard InChI is InChI=1S/C20H28N2O2/c1-16(2)20(24)21-18-12-14-22(15-13-18)19(23)11-7-6-10-17-8-4-3-5-9-17/h3-6,8-10,16,18H,7,11-15H2,1-2H3,(H,21,24)/b10-6-. The molecule has 4 heteroatoms. The molecule has 0 saturated carbocycles. The number of benzene rings is 1. The summed E-state index contributed by atoms with van der Waals surface area (Å²) in [5.74, 6) is 0.327. The summed E-state index contributed by atoms with van der Waals surface area (Å²) in [5.41, 5.74) is 1.16. The molecule has 130 valence electrons. The molecule has 1 saturated heterocycles. The average Bonchev–Trinajstić information content (AvgIpc) is 2.60. The predicted octanol–water partition coefficient (Wildman–Crippen LogP) is 3.24. The monoisotopic (exact) mass is 328 g/mol. The Morgan fingerprint density at radius 3 is 2.50 bits per heavy atom. The van der Waals surface area contributed by atoms with Crippen molar-refractivity contribution in [3.63, 3.8) is 0 Å². The Morgan fingerprint density at radius 1 is 1.21 bits per heavy atom. The highest BCUT2D eigenvalue weighted by Crippen LogP contribution is 2.13. The molecule has 0 unspecified atom stereocenters. The van der Waals surface area contributed by atoms with Gasteiger partial charge in [0.15, 0.2) is 0 Å². The Bertz CT molecular complexity index is 558. The zero-order valence-corrected chi connectivity index (χ0v) is 14.7. The quantitative estimate of drug-likeness (QED) is 0.871. The fraction of sp³-hybridized carbons (Fsp3) is 0.500.